The Hall–Kier alpha value is -0.441. The molecule has 0 fully saturated rings. The van der Waals surface area contributed by atoms with Gasteiger partial charge in [-0.25, -0.2) is 0 Å². The van der Waals surface area contributed by atoms with Gasteiger partial charge in [0.15, 0.2) is 0 Å². The molecule has 1 aromatic carbocycles. The molecule has 0 aliphatic carbocycles. The first-order valence-electron chi connectivity index (χ1n) is 3.39. The van der Waals surface area contributed by atoms with Crippen molar-refractivity contribution >= 4 is 30.7 Å². The Morgan fingerprint density at radius 1 is 1.17 bits per heavy atom. The normalized spacial score (nSPS) is 10.1. The molecule has 4 heteroatoms. The first kappa shape index (κ1) is 8.17. The molecular formula is C8H5BrN2Se. The van der Waals surface area contributed by atoms with Crippen LogP contribution in [0.3, 0.4) is 0 Å². The predicted octanol–water partition coefficient (Wildman–Crippen LogP) is 1.96. The van der Waals surface area contributed by atoms with Gasteiger partial charge in [-0.05, 0) is 0 Å². The first-order chi connectivity index (χ1) is 5.86. The van der Waals surface area contributed by atoms with E-state index in [1.165, 1.54) is 0 Å². The molecule has 0 aliphatic rings. The quantitative estimate of drug-likeness (QED) is 0.750. The van der Waals surface area contributed by atoms with Crippen molar-refractivity contribution in [3.8, 4) is 11.3 Å². The van der Waals surface area contributed by atoms with Gasteiger partial charge in [-0.3, -0.25) is 0 Å². The summed E-state index contributed by atoms with van der Waals surface area (Å²) in [4.78, 5) is 2.08. The summed E-state index contributed by atoms with van der Waals surface area (Å²) in [6, 6.07) is 8.10. The summed E-state index contributed by atoms with van der Waals surface area (Å²) in [7, 11) is 0. The van der Waals surface area contributed by atoms with Crippen LogP contribution in [-0.2, 0) is 0 Å². The number of hydrogen-bond donors (Lipinski definition) is 0. The minimum atomic E-state index is 0.225. The Morgan fingerprint density at radius 3 is 2.50 bits per heavy atom. The molecule has 0 atom stereocenters. The predicted molar refractivity (Wildman–Crippen MR) is 52.1 cm³/mol. The molecule has 12 heavy (non-hydrogen) atoms. The Labute approximate surface area is 84.7 Å². The number of hydrogen-bond acceptors (Lipinski definition) is 2. The molecule has 0 saturated heterocycles. The Bertz CT molecular complexity index is 355. The fraction of sp³-hybridized carbons (Fsp3) is 0. The van der Waals surface area contributed by atoms with Crippen LogP contribution in [-0.4, -0.2) is 23.9 Å². The van der Waals surface area contributed by atoms with Crippen LogP contribution < -0.4 is 0 Å². The van der Waals surface area contributed by atoms with Crippen molar-refractivity contribution in [2.45, 2.75) is 0 Å². The third kappa shape index (κ3) is 1.66. The van der Waals surface area contributed by atoms with Crippen molar-refractivity contribution in [3.63, 3.8) is 0 Å². The maximum atomic E-state index is 4.03. The van der Waals surface area contributed by atoms with Gasteiger partial charge in [0.25, 0.3) is 0 Å². The molecule has 0 radical (unpaired) electrons. The van der Waals surface area contributed by atoms with Gasteiger partial charge in [-0.15, -0.1) is 0 Å². The van der Waals surface area contributed by atoms with E-state index in [2.05, 4.69) is 30.1 Å². The zero-order valence-corrected chi connectivity index (χ0v) is 9.37. The molecule has 2 aromatic rings. The summed E-state index contributed by atoms with van der Waals surface area (Å²) in [6.07, 6.45) is 0. The van der Waals surface area contributed by atoms with Crippen LogP contribution in [0.4, 0.5) is 0 Å². The SMILES string of the molecule is Brc1ccc(-c2c[se]nn2)cc1. The molecule has 1 aromatic heterocycles. The molecule has 0 saturated carbocycles. The topological polar surface area (TPSA) is 25.8 Å². The monoisotopic (exact) mass is 288 g/mol. The third-order valence-corrected chi connectivity index (χ3v) is 3.09. The van der Waals surface area contributed by atoms with E-state index < -0.39 is 0 Å². The molecule has 0 amide bonds. The number of rotatable bonds is 1. The molecule has 60 valence electrons. The summed E-state index contributed by atoms with van der Waals surface area (Å²) >= 11 is 3.61. The number of benzene rings is 1. The first-order valence-corrected chi connectivity index (χ1v) is 5.94. The van der Waals surface area contributed by atoms with Gasteiger partial charge >= 0.3 is 84.8 Å². The standard InChI is InChI=1S/C8H5BrN2Se/c9-7-3-1-6(2-4-7)8-5-12-11-10-8/h1-5H. The second-order valence-electron chi connectivity index (χ2n) is 2.30. The van der Waals surface area contributed by atoms with Gasteiger partial charge in [0.1, 0.15) is 0 Å². The fourth-order valence-corrected chi connectivity index (χ4v) is 2.15. The molecule has 1 heterocycles. The van der Waals surface area contributed by atoms with Crippen molar-refractivity contribution in [2.24, 2.45) is 0 Å². The Balaban J connectivity index is 2.43. The van der Waals surface area contributed by atoms with Crippen LogP contribution in [0.5, 0.6) is 0 Å². The van der Waals surface area contributed by atoms with Gasteiger partial charge in [0, 0.05) is 0 Å². The summed E-state index contributed by atoms with van der Waals surface area (Å²) in [5, 5.41) is 4.03. The Morgan fingerprint density at radius 2 is 1.92 bits per heavy atom. The molecular weight excluding hydrogens is 283 g/mol. The average Bonchev–Trinajstić information content (AvgIpc) is 2.58. The van der Waals surface area contributed by atoms with Crippen LogP contribution in [0, 0.1) is 0 Å². The van der Waals surface area contributed by atoms with Crippen LogP contribution in [0.1, 0.15) is 0 Å². The van der Waals surface area contributed by atoms with Crippen molar-refractivity contribution in [3.05, 3.63) is 33.7 Å². The second-order valence-corrected chi connectivity index (χ2v) is 4.49. The second kappa shape index (κ2) is 3.52. The van der Waals surface area contributed by atoms with Gasteiger partial charge in [0.05, 0.1) is 0 Å². The van der Waals surface area contributed by atoms with Crippen molar-refractivity contribution in [1.82, 2.24) is 9.19 Å². The summed E-state index contributed by atoms with van der Waals surface area (Å²) in [6.45, 7) is 0. The van der Waals surface area contributed by atoms with Crippen LogP contribution in [0.15, 0.2) is 33.7 Å². The van der Waals surface area contributed by atoms with E-state index >= 15 is 0 Å². The average molecular weight is 288 g/mol. The summed E-state index contributed by atoms with van der Waals surface area (Å²) < 4.78 is 5.04. The number of aromatic nitrogens is 2. The number of halogens is 1. The Kier molecular flexibility index (Phi) is 2.40. The molecule has 0 aliphatic heterocycles. The van der Waals surface area contributed by atoms with E-state index in [0.29, 0.717) is 0 Å². The van der Waals surface area contributed by atoms with Crippen LogP contribution in [0.2, 0.25) is 0 Å². The van der Waals surface area contributed by atoms with Gasteiger partial charge in [0.2, 0.25) is 0 Å². The fourth-order valence-electron chi connectivity index (χ4n) is 0.911. The third-order valence-electron chi connectivity index (χ3n) is 1.50. The maximum absolute atomic E-state index is 4.03. The van der Waals surface area contributed by atoms with E-state index in [4.69, 9.17) is 0 Å². The zero-order chi connectivity index (χ0) is 8.39. The van der Waals surface area contributed by atoms with Crippen LogP contribution in [0.25, 0.3) is 11.3 Å². The van der Waals surface area contributed by atoms with Gasteiger partial charge in [-0.2, -0.15) is 0 Å². The van der Waals surface area contributed by atoms with Crippen molar-refractivity contribution in [2.75, 3.05) is 0 Å². The van der Waals surface area contributed by atoms with E-state index in [1.807, 2.05) is 24.3 Å². The van der Waals surface area contributed by atoms with E-state index in [9.17, 15) is 0 Å². The molecule has 0 unspecified atom stereocenters. The minimum absolute atomic E-state index is 0.225. The van der Waals surface area contributed by atoms with Crippen molar-refractivity contribution < 1.29 is 0 Å². The summed E-state index contributed by atoms with van der Waals surface area (Å²) in [5.41, 5.74) is 2.14. The van der Waals surface area contributed by atoms with Crippen LogP contribution >= 0.6 is 15.9 Å². The molecule has 0 spiro atoms. The zero-order valence-electron chi connectivity index (χ0n) is 6.07. The summed E-state index contributed by atoms with van der Waals surface area (Å²) in [5.74, 6) is 0. The van der Waals surface area contributed by atoms with Gasteiger partial charge < -0.3 is 0 Å². The molecule has 2 nitrogen and oxygen atoms in total. The van der Waals surface area contributed by atoms with Crippen molar-refractivity contribution in [1.29, 1.82) is 0 Å². The van der Waals surface area contributed by atoms with Gasteiger partial charge in [-0.1, -0.05) is 0 Å². The molecule has 2 rings (SSSR count). The van der Waals surface area contributed by atoms with E-state index in [-0.39, 0.29) is 14.7 Å². The number of nitrogens with zero attached hydrogens (tertiary/aromatic N) is 2. The molecule has 0 N–H and O–H groups in total. The van der Waals surface area contributed by atoms with E-state index in [0.717, 1.165) is 15.7 Å². The molecule has 0 bridgehead atoms. The van der Waals surface area contributed by atoms with E-state index in [1.54, 1.807) is 0 Å².